The van der Waals surface area contributed by atoms with E-state index in [2.05, 4.69) is 0 Å². The average Bonchev–Trinajstić information content (AvgIpc) is 2.13. The Kier molecular flexibility index (Phi) is 5.87. The van der Waals surface area contributed by atoms with Crippen LogP contribution in [0.2, 0.25) is 0 Å². The Hall–Kier alpha value is -1.10. The number of ether oxygens (including phenoxy) is 1. The SMILES string of the molecule is CCC(C)OC(=O)[C@H](N)CCC(=O)O. The normalized spacial score (nSPS) is 14.5. The Labute approximate surface area is 83.2 Å². The minimum absolute atomic E-state index is 0.114. The Morgan fingerprint density at radius 2 is 2.07 bits per heavy atom. The third-order valence-electron chi connectivity index (χ3n) is 1.86. The molecule has 0 saturated carbocycles. The van der Waals surface area contributed by atoms with Gasteiger partial charge in [-0.1, -0.05) is 6.92 Å². The van der Waals surface area contributed by atoms with E-state index >= 15 is 0 Å². The number of carboxylic acids is 1. The number of rotatable bonds is 6. The zero-order chi connectivity index (χ0) is 11.1. The van der Waals surface area contributed by atoms with Gasteiger partial charge < -0.3 is 15.6 Å². The zero-order valence-electron chi connectivity index (χ0n) is 8.53. The van der Waals surface area contributed by atoms with Crippen LogP contribution in [0.4, 0.5) is 0 Å². The number of esters is 1. The highest BCUT2D eigenvalue weighted by Gasteiger charge is 2.17. The lowest BCUT2D eigenvalue weighted by Gasteiger charge is -2.14. The first kappa shape index (κ1) is 12.9. The molecular formula is C9H17NO4. The van der Waals surface area contributed by atoms with Crippen molar-refractivity contribution in [1.82, 2.24) is 0 Å². The van der Waals surface area contributed by atoms with E-state index in [0.717, 1.165) is 6.42 Å². The number of aliphatic carboxylic acids is 1. The Morgan fingerprint density at radius 3 is 2.50 bits per heavy atom. The Balaban J connectivity index is 3.81. The molecule has 0 aromatic carbocycles. The molecule has 0 aliphatic carbocycles. The second kappa shape index (κ2) is 6.37. The van der Waals surface area contributed by atoms with E-state index < -0.39 is 18.0 Å². The second-order valence-corrected chi connectivity index (χ2v) is 3.19. The Bertz CT molecular complexity index is 205. The predicted octanol–water partition coefficient (Wildman–Crippen LogP) is 0.520. The number of carboxylic acid groups (broad SMARTS) is 1. The molecule has 0 amide bonds. The standard InChI is InChI=1S/C9H17NO4/c1-3-6(2)14-9(13)7(10)4-5-8(11)12/h6-7H,3-5,10H2,1-2H3,(H,11,12)/t6?,7-/m1/s1. The van der Waals surface area contributed by atoms with Crippen LogP contribution in [0.1, 0.15) is 33.1 Å². The minimum Gasteiger partial charge on any atom is -0.481 e. The predicted molar refractivity (Wildman–Crippen MR) is 50.7 cm³/mol. The largest absolute Gasteiger partial charge is 0.481 e. The maximum absolute atomic E-state index is 11.2. The van der Waals surface area contributed by atoms with Crippen molar-refractivity contribution >= 4 is 11.9 Å². The van der Waals surface area contributed by atoms with Crippen molar-refractivity contribution in [3.63, 3.8) is 0 Å². The third kappa shape index (κ3) is 5.53. The van der Waals surface area contributed by atoms with Crippen molar-refractivity contribution in [3.05, 3.63) is 0 Å². The van der Waals surface area contributed by atoms with Crippen LogP contribution in [0.25, 0.3) is 0 Å². The van der Waals surface area contributed by atoms with Gasteiger partial charge in [-0.15, -0.1) is 0 Å². The maximum atomic E-state index is 11.2. The van der Waals surface area contributed by atoms with Crippen LogP contribution in [-0.4, -0.2) is 29.2 Å². The van der Waals surface area contributed by atoms with Gasteiger partial charge in [0.1, 0.15) is 6.04 Å². The summed E-state index contributed by atoms with van der Waals surface area (Å²) in [5, 5.41) is 8.36. The van der Waals surface area contributed by atoms with E-state index in [1.165, 1.54) is 0 Å². The van der Waals surface area contributed by atoms with Gasteiger partial charge in [-0.2, -0.15) is 0 Å². The molecular weight excluding hydrogens is 186 g/mol. The summed E-state index contributed by atoms with van der Waals surface area (Å²) in [6.07, 6.45) is 0.553. The molecule has 1 unspecified atom stereocenters. The lowest BCUT2D eigenvalue weighted by atomic mass is 10.2. The van der Waals surface area contributed by atoms with Gasteiger partial charge >= 0.3 is 11.9 Å². The van der Waals surface area contributed by atoms with Crippen LogP contribution in [-0.2, 0) is 14.3 Å². The van der Waals surface area contributed by atoms with E-state index in [4.69, 9.17) is 15.6 Å². The van der Waals surface area contributed by atoms with Crippen LogP contribution >= 0.6 is 0 Å². The number of carbonyl (C=O) groups excluding carboxylic acids is 1. The van der Waals surface area contributed by atoms with E-state index in [-0.39, 0.29) is 18.9 Å². The molecule has 0 bridgehead atoms. The number of hydrogen-bond donors (Lipinski definition) is 2. The molecule has 0 rings (SSSR count). The molecule has 5 heteroatoms. The van der Waals surface area contributed by atoms with Crippen molar-refractivity contribution in [1.29, 1.82) is 0 Å². The van der Waals surface area contributed by atoms with Gasteiger partial charge in [0.25, 0.3) is 0 Å². The lowest BCUT2D eigenvalue weighted by molar-refractivity contribution is -0.150. The summed E-state index contributed by atoms with van der Waals surface area (Å²) in [6.45, 7) is 3.66. The molecule has 0 aromatic heterocycles. The monoisotopic (exact) mass is 203 g/mol. The van der Waals surface area contributed by atoms with Crippen molar-refractivity contribution in [3.8, 4) is 0 Å². The summed E-state index contributed by atoms with van der Waals surface area (Å²) < 4.78 is 4.94. The van der Waals surface area contributed by atoms with Crippen LogP contribution in [0.5, 0.6) is 0 Å². The van der Waals surface area contributed by atoms with Crippen molar-refractivity contribution in [2.75, 3.05) is 0 Å². The first-order chi connectivity index (χ1) is 6.47. The summed E-state index contributed by atoms with van der Waals surface area (Å²) in [6, 6.07) is -0.833. The van der Waals surface area contributed by atoms with Crippen LogP contribution in [0, 0.1) is 0 Å². The summed E-state index contributed by atoms with van der Waals surface area (Å²) in [7, 11) is 0. The van der Waals surface area contributed by atoms with Crippen molar-refractivity contribution < 1.29 is 19.4 Å². The molecule has 0 aliphatic rings. The highest BCUT2D eigenvalue weighted by molar-refractivity contribution is 5.76. The molecule has 0 radical (unpaired) electrons. The highest BCUT2D eigenvalue weighted by Crippen LogP contribution is 2.02. The van der Waals surface area contributed by atoms with Crippen molar-refractivity contribution in [2.45, 2.75) is 45.3 Å². The fourth-order valence-corrected chi connectivity index (χ4v) is 0.766. The van der Waals surface area contributed by atoms with Gasteiger partial charge in [0.2, 0.25) is 0 Å². The topological polar surface area (TPSA) is 89.6 Å². The molecule has 82 valence electrons. The quantitative estimate of drug-likeness (QED) is 0.614. The van der Waals surface area contributed by atoms with E-state index in [1.807, 2.05) is 6.92 Å². The average molecular weight is 203 g/mol. The summed E-state index contributed by atoms with van der Waals surface area (Å²) in [4.78, 5) is 21.4. The molecule has 0 heterocycles. The summed E-state index contributed by atoms with van der Waals surface area (Å²) >= 11 is 0. The van der Waals surface area contributed by atoms with E-state index in [0.29, 0.717) is 0 Å². The molecule has 0 spiro atoms. The minimum atomic E-state index is -0.961. The molecule has 0 aromatic rings. The van der Waals surface area contributed by atoms with Gasteiger partial charge in [-0.3, -0.25) is 9.59 Å². The molecule has 14 heavy (non-hydrogen) atoms. The fraction of sp³-hybridized carbons (Fsp3) is 0.778. The molecule has 0 saturated heterocycles. The molecule has 3 N–H and O–H groups in total. The van der Waals surface area contributed by atoms with Crippen LogP contribution in [0.3, 0.4) is 0 Å². The van der Waals surface area contributed by atoms with Crippen LogP contribution < -0.4 is 5.73 Å². The Morgan fingerprint density at radius 1 is 1.50 bits per heavy atom. The molecule has 0 aliphatic heterocycles. The fourth-order valence-electron chi connectivity index (χ4n) is 0.766. The molecule has 0 fully saturated rings. The highest BCUT2D eigenvalue weighted by atomic mass is 16.5. The smallest absolute Gasteiger partial charge is 0.323 e. The van der Waals surface area contributed by atoms with Gasteiger partial charge in [0.15, 0.2) is 0 Å². The first-order valence-electron chi connectivity index (χ1n) is 4.65. The molecule has 2 atom stereocenters. The maximum Gasteiger partial charge on any atom is 0.323 e. The van der Waals surface area contributed by atoms with Gasteiger partial charge in [-0.05, 0) is 19.8 Å². The number of carbonyl (C=O) groups is 2. The number of hydrogen-bond acceptors (Lipinski definition) is 4. The third-order valence-corrected chi connectivity index (χ3v) is 1.86. The van der Waals surface area contributed by atoms with Gasteiger partial charge in [0.05, 0.1) is 6.10 Å². The lowest BCUT2D eigenvalue weighted by Crippen LogP contribution is -2.34. The molecule has 5 nitrogen and oxygen atoms in total. The summed E-state index contributed by atoms with van der Waals surface area (Å²) in [5.41, 5.74) is 5.43. The van der Waals surface area contributed by atoms with Crippen molar-refractivity contribution in [2.24, 2.45) is 5.73 Å². The number of nitrogens with two attached hydrogens (primary N) is 1. The summed E-state index contributed by atoms with van der Waals surface area (Å²) in [5.74, 6) is -1.49. The second-order valence-electron chi connectivity index (χ2n) is 3.19. The van der Waals surface area contributed by atoms with Crippen LogP contribution in [0.15, 0.2) is 0 Å². The van der Waals surface area contributed by atoms with E-state index in [1.54, 1.807) is 6.92 Å². The zero-order valence-corrected chi connectivity index (χ0v) is 8.53. The van der Waals surface area contributed by atoms with Gasteiger partial charge in [-0.25, -0.2) is 0 Å². The van der Waals surface area contributed by atoms with Gasteiger partial charge in [0, 0.05) is 6.42 Å². The first-order valence-corrected chi connectivity index (χ1v) is 4.65. The van der Waals surface area contributed by atoms with E-state index in [9.17, 15) is 9.59 Å².